The fourth-order valence-corrected chi connectivity index (χ4v) is 1.89. The summed E-state index contributed by atoms with van der Waals surface area (Å²) < 4.78 is 5.13. The Hall–Kier alpha value is -2.96. The summed E-state index contributed by atoms with van der Waals surface area (Å²) in [5.41, 5.74) is 1.49. The standard InChI is InChI=1S/C15H16N4O3/c1-10-18-12(9-17-21)7-14(19-10)15(20)16-8-11-4-3-5-13(6-11)22-2/h3-7,9,21H,8H2,1-2H3,(H,16,20)/b17-9-. The number of ether oxygens (including phenoxy) is 1. The number of nitrogens with zero attached hydrogens (tertiary/aromatic N) is 3. The minimum Gasteiger partial charge on any atom is -0.497 e. The van der Waals surface area contributed by atoms with Crippen LogP contribution in [-0.4, -0.2) is 34.4 Å². The van der Waals surface area contributed by atoms with Gasteiger partial charge in [-0.2, -0.15) is 0 Å². The normalized spacial score (nSPS) is 10.6. The maximum Gasteiger partial charge on any atom is 0.270 e. The summed E-state index contributed by atoms with van der Waals surface area (Å²) in [6.07, 6.45) is 1.15. The van der Waals surface area contributed by atoms with E-state index >= 15 is 0 Å². The maximum atomic E-state index is 12.1. The van der Waals surface area contributed by atoms with Gasteiger partial charge in [0.15, 0.2) is 0 Å². The van der Waals surface area contributed by atoms with Gasteiger partial charge in [-0.25, -0.2) is 9.97 Å². The summed E-state index contributed by atoms with van der Waals surface area (Å²) in [5, 5.41) is 14.2. The van der Waals surface area contributed by atoms with Crippen molar-refractivity contribution in [3.8, 4) is 5.75 Å². The number of aromatic nitrogens is 2. The molecule has 7 nitrogen and oxygen atoms in total. The van der Waals surface area contributed by atoms with E-state index in [4.69, 9.17) is 9.94 Å². The quantitative estimate of drug-likeness (QED) is 0.496. The summed E-state index contributed by atoms with van der Waals surface area (Å²) >= 11 is 0. The van der Waals surface area contributed by atoms with Gasteiger partial charge in [0, 0.05) is 6.54 Å². The van der Waals surface area contributed by atoms with Crippen LogP contribution in [0.3, 0.4) is 0 Å². The van der Waals surface area contributed by atoms with Crippen LogP contribution in [0, 0.1) is 6.92 Å². The number of nitrogens with one attached hydrogen (secondary N) is 1. The van der Waals surface area contributed by atoms with Gasteiger partial charge in [0.25, 0.3) is 5.91 Å². The molecule has 2 aromatic rings. The van der Waals surface area contributed by atoms with Gasteiger partial charge in [-0.1, -0.05) is 17.3 Å². The second-order valence-electron chi connectivity index (χ2n) is 4.50. The van der Waals surface area contributed by atoms with E-state index in [1.54, 1.807) is 14.0 Å². The first-order chi connectivity index (χ1) is 10.6. The first kappa shape index (κ1) is 15.4. The van der Waals surface area contributed by atoms with E-state index in [1.165, 1.54) is 6.07 Å². The van der Waals surface area contributed by atoms with Crippen molar-refractivity contribution in [1.29, 1.82) is 0 Å². The van der Waals surface area contributed by atoms with E-state index in [-0.39, 0.29) is 11.6 Å². The zero-order chi connectivity index (χ0) is 15.9. The number of carbonyl (C=O) groups is 1. The minimum atomic E-state index is -0.332. The summed E-state index contributed by atoms with van der Waals surface area (Å²) in [4.78, 5) is 20.2. The molecule has 7 heteroatoms. The fourth-order valence-electron chi connectivity index (χ4n) is 1.89. The molecule has 1 aromatic carbocycles. The highest BCUT2D eigenvalue weighted by molar-refractivity contribution is 5.93. The van der Waals surface area contributed by atoms with Crippen LogP contribution in [0.2, 0.25) is 0 Å². The molecule has 0 radical (unpaired) electrons. The second kappa shape index (κ2) is 7.16. The number of hydrogen-bond acceptors (Lipinski definition) is 6. The lowest BCUT2D eigenvalue weighted by molar-refractivity contribution is 0.0945. The lowest BCUT2D eigenvalue weighted by Gasteiger charge is -2.07. The predicted molar refractivity (Wildman–Crippen MR) is 80.3 cm³/mol. The van der Waals surface area contributed by atoms with E-state index < -0.39 is 0 Å². The molecule has 0 aliphatic heterocycles. The van der Waals surface area contributed by atoms with Crippen molar-refractivity contribution in [2.75, 3.05) is 7.11 Å². The molecule has 1 amide bonds. The highest BCUT2D eigenvalue weighted by Gasteiger charge is 2.10. The molecule has 1 heterocycles. The molecule has 0 saturated carbocycles. The van der Waals surface area contributed by atoms with Crippen molar-refractivity contribution in [2.24, 2.45) is 5.16 Å². The second-order valence-corrected chi connectivity index (χ2v) is 4.50. The number of amides is 1. The number of rotatable bonds is 5. The van der Waals surface area contributed by atoms with Gasteiger partial charge in [0.05, 0.1) is 19.0 Å². The number of oxime groups is 1. The third-order valence-corrected chi connectivity index (χ3v) is 2.87. The van der Waals surface area contributed by atoms with E-state index in [9.17, 15) is 4.79 Å². The summed E-state index contributed by atoms with van der Waals surface area (Å²) in [7, 11) is 1.59. The Labute approximate surface area is 127 Å². The fraction of sp³-hybridized carbons (Fsp3) is 0.200. The van der Waals surface area contributed by atoms with Crippen molar-refractivity contribution in [3.05, 3.63) is 53.1 Å². The number of hydrogen-bond donors (Lipinski definition) is 2. The van der Waals surface area contributed by atoms with Gasteiger partial charge in [-0.3, -0.25) is 4.79 Å². The molecular weight excluding hydrogens is 284 g/mol. The highest BCUT2D eigenvalue weighted by Crippen LogP contribution is 2.12. The van der Waals surface area contributed by atoms with Crippen LogP contribution in [0.25, 0.3) is 0 Å². The molecular formula is C15H16N4O3. The van der Waals surface area contributed by atoms with Crippen LogP contribution in [-0.2, 0) is 6.54 Å². The monoisotopic (exact) mass is 300 g/mol. The van der Waals surface area contributed by atoms with Crippen LogP contribution in [0.15, 0.2) is 35.5 Å². The van der Waals surface area contributed by atoms with Crippen molar-refractivity contribution >= 4 is 12.1 Å². The average molecular weight is 300 g/mol. The van der Waals surface area contributed by atoms with Gasteiger partial charge in [-0.05, 0) is 30.7 Å². The Morgan fingerprint density at radius 1 is 1.41 bits per heavy atom. The lowest BCUT2D eigenvalue weighted by Crippen LogP contribution is -2.24. The van der Waals surface area contributed by atoms with Gasteiger partial charge in [0.2, 0.25) is 0 Å². The molecule has 0 spiro atoms. The third-order valence-electron chi connectivity index (χ3n) is 2.87. The van der Waals surface area contributed by atoms with Crippen molar-refractivity contribution in [3.63, 3.8) is 0 Å². The average Bonchev–Trinajstić information content (AvgIpc) is 2.52. The van der Waals surface area contributed by atoms with Crippen LogP contribution < -0.4 is 10.1 Å². The molecule has 0 saturated heterocycles. The third kappa shape index (κ3) is 4.02. The minimum absolute atomic E-state index is 0.213. The molecule has 0 aliphatic carbocycles. The number of benzene rings is 1. The Morgan fingerprint density at radius 3 is 2.95 bits per heavy atom. The summed E-state index contributed by atoms with van der Waals surface area (Å²) in [6, 6.07) is 8.87. The Bertz CT molecular complexity index is 701. The number of methoxy groups -OCH3 is 1. The molecule has 0 unspecified atom stereocenters. The highest BCUT2D eigenvalue weighted by atomic mass is 16.5. The van der Waals surface area contributed by atoms with Gasteiger partial charge >= 0.3 is 0 Å². The zero-order valence-electron chi connectivity index (χ0n) is 12.3. The molecule has 0 aliphatic rings. The number of carbonyl (C=O) groups excluding carboxylic acids is 1. The van der Waals surface area contributed by atoms with Crippen LogP contribution in [0.1, 0.15) is 27.6 Å². The summed E-state index contributed by atoms with van der Waals surface area (Å²) in [5.74, 6) is 0.816. The topological polar surface area (TPSA) is 96.7 Å². The summed E-state index contributed by atoms with van der Waals surface area (Å²) in [6.45, 7) is 2.01. The molecule has 114 valence electrons. The van der Waals surface area contributed by atoms with E-state index in [1.807, 2.05) is 24.3 Å². The van der Waals surface area contributed by atoms with Crippen molar-refractivity contribution < 1.29 is 14.7 Å². The van der Waals surface area contributed by atoms with Crippen LogP contribution >= 0.6 is 0 Å². The Morgan fingerprint density at radius 2 is 2.23 bits per heavy atom. The van der Waals surface area contributed by atoms with Gasteiger partial charge in [0.1, 0.15) is 17.3 Å². The van der Waals surface area contributed by atoms with Crippen LogP contribution in [0.5, 0.6) is 5.75 Å². The smallest absolute Gasteiger partial charge is 0.270 e. The molecule has 0 atom stereocenters. The van der Waals surface area contributed by atoms with Crippen LogP contribution in [0.4, 0.5) is 0 Å². The molecule has 22 heavy (non-hydrogen) atoms. The van der Waals surface area contributed by atoms with E-state index in [0.29, 0.717) is 18.1 Å². The SMILES string of the molecule is COc1cccc(CNC(=O)c2cc(/C=N\O)nc(C)n2)c1. The lowest BCUT2D eigenvalue weighted by atomic mass is 10.2. The molecule has 1 aromatic heterocycles. The van der Waals surface area contributed by atoms with E-state index in [0.717, 1.165) is 17.5 Å². The molecule has 0 fully saturated rings. The Kier molecular flexibility index (Phi) is 5.02. The van der Waals surface area contributed by atoms with Crippen molar-refractivity contribution in [2.45, 2.75) is 13.5 Å². The molecule has 2 rings (SSSR count). The van der Waals surface area contributed by atoms with Gasteiger partial charge in [-0.15, -0.1) is 0 Å². The van der Waals surface area contributed by atoms with Crippen molar-refractivity contribution in [1.82, 2.24) is 15.3 Å². The van der Waals surface area contributed by atoms with Gasteiger partial charge < -0.3 is 15.3 Å². The molecule has 2 N–H and O–H groups in total. The zero-order valence-corrected chi connectivity index (χ0v) is 12.3. The largest absolute Gasteiger partial charge is 0.497 e. The Balaban J connectivity index is 2.08. The first-order valence-corrected chi connectivity index (χ1v) is 6.56. The predicted octanol–water partition coefficient (Wildman–Crippen LogP) is 1.53. The molecule has 0 bridgehead atoms. The maximum absolute atomic E-state index is 12.1. The van der Waals surface area contributed by atoms with E-state index in [2.05, 4.69) is 20.4 Å². The number of aryl methyl sites for hydroxylation is 1. The first-order valence-electron chi connectivity index (χ1n) is 6.56.